The highest BCUT2D eigenvalue weighted by Gasteiger charge is 2.17. The lowest BCUT2D eigenvalue weighted by Gasteiger charge is -2.25. The van der Waals surface area contributed by atoms with E-state index in [0.29, 0.717) is 11.3 Å². The van der Waals surface area contributed by atoms with E-state index in [9.17, 15) is 0 Å². The monoisotopic (exact) mass is 350 g/mol. The summed E-state index contributed by atoms with van der Waals surface area (Å²) in [4.78, 5) is 0. The van der Waals surface area contributed by atoms with Crippen molar-refractivity contribution in [1.82, 2.24) is 0 Å². The Kier molecular flexibility index (Phi) is 7.94. The molecule has 0 nitrogen and oxygen atoms in total. The molecular weight excluding hydrogens is 312 g/mol. The van der Waals surface area contributed by atoms with E-state index in [1.807, 2.05) is 0 Å². The highest BCUT2D eigenvalue weighted by molar-refractivity contribution is 5.25. The van der Waals surface area contributed by atoms with Gasteiger partial charge in [-0.3, -0.25) is 0 Å². The minimum atomic E-state index is 0.395. The van der Waals surface area contributed by atoms with Crippen molar-refractivity contribution in [2.75, 3.05) is 0 Å². The molecule has 2 aromatic rings. The Labute approximate surface area is 162 Å². The zero-order chi connectivity index (χ0) is 19.0. The molecule has 0 bridgehead atoms. The standard InChI is InChI=1S/C26H38/c1-6-22-11-13-24(14-12-22)20-26(4,5)19-9-7-8-10-23-15-17-25(18-16-23)21(2)3/h11-18,21H,6-10,19-20H2,1-5H3. The van der Waals surface area contributed by atoms with Crippen LogP contribution in [-0.2, 0) is 19.3 Å². The summed E-state index contributed by atoms with van der Waals surface area (Å²) in [5.74, 6) is 0.629. The lowest BCUT2D eigenvalue weighted by Crippen LogP contribution is -2.15. The van der Waals surface area contributed by atoms with E-state index >= 15 is 0 Å². The Morgan fingerprint density at radius 2 is 1.31 bits per heavy atom. The summed E-state index contributed by atoms with van der Waals surface area (Å²) in [6, 6.07) is 18.5. The lowest BCUT2D eigenvalue weighted by atomic mass is 9.81. The summed E-state index contributed by atoms with van der Waals surface area (Å²) in [7, 11) is 0. The summed E-state index contributed by atoms with van der Waals surface area (Å²) < 4.78 is 0. The second-order valence-corrected chi connectivity index (χ2v) is 8.97. The second kappa shape index (κ2) is 9.95. The third kappa shape index (κ3) is 6.98. The van der Waals surface area contributed by atoms with Gasteiger partial charge in [0.15, 0.2) is 0 Å². The first-order chi connectivity index (χ1) is 12.4. The maximum Gasteiger partial charge on any atom is -0.0219 e. The summed E-state index contributed by atoms with van der Waals surface area (Å²) >= 11 is 0. The van der Waals surface area contributed by atoms with Crippen molar-refractivity contribution in [2.45, 2.75) is 85.5 Å². The van der Waals surface area contributed by atoms with Crippen LogP contribution in [0.25, 0.3) is 0 Å². The van der Waals surface area contributed by atoms with Crippen LogP contribution in [0.5, 0.6) is 0 Å². The van der Waals surface area contributed by atoms with Gasteiger partial charge in [-0.15, -0.1) is 0 Å². The van der Waals surface area contributed by atoms with Crippen molar-refractivity contribution in [3.8, 4) is 0 Å². The molecule has 2 aromatic carbocycles. The molecule has 0 radical (unpaired) electrons. The minimum absolute atomic E-state index is 0.395. The zero-order valence-electron chi connectivity index (χ0n) is 17.6. The molecule has 0 atom stereocenters. The van der Waals surface area contributed by atoms with E-state index in [-0.39, 0.29) is 0 Å². The first-order valence-electron chi connectivity index (χ1n) is 10.6. The Morgan fingerprint density at radius 1 is 0.731 bits per heavy atom. The van der Waals surface area contributed by atoms with Gasteiger partial charge in [-0.25, -0.2) is 0 Å². The average molecular weight is 351 g/mol. The molecule has 0 saturated carbocycles. The summed E-state index contributed by atoms with van der Waals surface area (Å²) in [5.41, 5.74) is 6.25. The molecule has 0 aliphatic carbocycles. The third-order valence-corrected chi connectivity index (χ3v) is 5.58. The molecule has 26 heavy (non-hydrogen) atoms. The Morgan fingerprint density at radius 3 is 1.88 bits per heavy atom. The molecule has 2 rings (SSSR count). The number of hydrogen-bond acceptors (Lipinski definition) is 0. The predicted octanol–water partition coefficient (Wildman–Crippen LogP) is 7.74. The quantitative estimate of drug-likeness (QED) is 0.384. The first-order valence-corrected chi connectivity index (χ1v) is 10.6. The van der Waals surface area contributed by atoms with Crippen molar-refractivity contribution in [2.24, 2.45) is 5.41 Å². The molecule has 0 amide bonds. The topological polar surface area (TPSA) is 0 Å². The highest BCUT2D eigenvalue weighted by atomic mass is 14.2. The highest BCUT2D eigenvalue weighted by Crippen LogP contribution is 2.29. The fourth-order valence-electron chi connectivity index (χ4n) is 3.71. The van der Waals surface area contributed by atoms with Crippen LogP contribution in [0.2, 0.25) is 0 Å². The minimum Gasteiger partial charge on any atom is -0.0613 e. The normalized spacial score (nSPS) is 11.9. The van der Waals surface area contributed by atoms with Gasteiger partial charge in [0.05, 0.1) is 0 Å². The fraction of sp³-hybridized carbons (Fsp3) is 0.538. The molecule has 0 aliphatic rings. The summed E-state index contributed by atoms with van der Waals surface area (Å²) in [6.45, 7) is 11.6. The van der Waals surface area contributed by atoms with Crippen molar-refractivity contribution < 1.29 is 0 Å². The molecule has 0 aliphatic heterocycles. The Balaban J connectivity index is 1.68. The van der Waals surface area contributed by atoms with Crippen LogP contribution < -0.4 is 0 Å². The first kappa shape index (κ1) is 20.7. The number of aryl methyl sites for hydroxylation is 2. The maximum atomic E-state index is 2.42. The molecule has 0 heterocycles. The lowest BCUT2D eigenvalue weighted by molar-refractivity contribution is 0.317. The van der Waals surface area contributed by atoms with Gasteiger partial charge >= 0.3 is 0 Å². The van der Waals surface area contributed by atoms with Gasteiger partial charge in [0.25, 0.3) is 0 Å². The molecule has 0 aromatic heterocycles. The molecular formula is C26H38. The maximum absolute atomic E-state index is 2.42. The van der Waals surface area contributed by atoms with Crippen molar-refractivity contribution in [3.63, 3.8) is 0 Å². The number of unbranched alkanes of at least 4 members (excludes halogenated alkanes) is 2. The number of hydrogen-bond donors (Lipinski definition) is 0. The fourth-order valence-corrected chi connectivity index (χ4v) is 3.71. The van der Waals surface area contributed by atoms with Gasteiger partial charge in [-0.2, -0.15) is 0 Å². The van der Waals surface area contributed by atoms with Gasteiger partial charge in [0.2, 0.25) is 0 Å². The van der Waals surface area contributed by atoms with E-state index in [0.717, 1.165) is 6.42 Å². The van der Waals surface area contributed by atoms with Crippen LogP contribution in [0.1, 0.15) is 88.5 Å². The molecule has 0 saturated heterocycles. The van der Waals surface area contributed by atoms with Gasteiger partial charge in [-0.1, -0.05) is 96.0 Å². The largest absolute Gasteiger partial charge is 0.0613 e. The summed E-state index contributed by atoms with van der Waals surface area (Å²) in [5, 5.41) is 0. The molecule has 0 unspecified atom stereocenters. The Bertz CT molecular complexity index is 629. The summed E-state index contributed by atoms with van der Waals surface area (Å²) in [6.07, 6.45) is 8.83. The van der Waals surface area contributed by atoms with Crippen LogP contribution >= 0.6 is 0 Å². The molecule has 0 fully saturated rings. The van der Waals surface area contributed by atoms with Crippen LogP contribution in [-0.4, -0.2) is 0 Å². The SMILES string of the molecule is CCc1ccc(CC(C)(C)CCCCCc2ccc(C(C)C)cc2)cc1. The van der Waals surface area contributed by atoms with Crippen molar-refractivity contribution in [1.29, 1.82) is 0 Å². The van der Waals surface area contributed by atoms with E-state index in [2.05, 4.69) is 83.1 Å². The molecule has 0 spiro atoms. The van der Waals surface area contributed by atoms with E-state index in [1.54, 1.807) is 0 Å². The van der Waals surface area contributed by atoms with Gasteiger partial charge in [0, 0.05) is 0 Å². The van der Waals surface area contributed by atoms with E-state index in [1.165, 1.54) is 60.8 Å². The van der Waals surface area contributed by atoms with Gasteiger partial charge in [0.1, 0.15) is 0 Å². The van der Waals surface area contributed by atoms with E-state index < -0.39 is 0 Å². The second-order valence-electron chi connectivity index (χ2n) is 8.97. The average Bonchev–Trinajstić information content (AvgIpc) is 2.62. The van der Waals surface area contributed by atoms with Crippen LogP contribution in [0.15, 0.2) is 48.5 Å². The number of rotatable bonds is 10. The molecule has 0 heteroatoms. The Hall–Kier alpha value is -1.56. The van der Waals surface area contributed by atoms with E-state index in [4.69, 9.17) is 0 Å². The van der Waals surface area contributed by atoms with Crippen LogP contribution in [0.3, 0.4) is 0 Å². The molecule has 0 N–H and O–H groups in total. The predicted molar refractivity (Wildman–Crippen MR) is 116 cm³/mol. The zero-order valence-corrected chi connectivity index (χ0v) is 17.6. The van der Waals surface area contributed by atoms with Gasteiger partial charge in [-0.05, 0) is 65.7 Å². The third-order valence-electron chi connectivity index (χ3n) is 5.58. The van der Waals surface area contributed by atoms with Crippen molar-refractivity contribution in [3.05, 3.63) is 70.8 Å². The smallest absolute Gasteiger partial charge is 0.0219 e. The van der Waals surface area contributed by atoms with Gasteiger partial charge < -0.3 is 0 Å². The van der Waals surface area contributed by atoms with Crippen LogP contribution in [0, 0.1) is 5.41 Å². The van der Waals surface area contributed by atoms with Crippen molar-refractivity contribution >= 4 is 0 Å². The van der Waals surface area contributed by atoms with Crippen LogP contribution in [0.4, 0.5) is 0 Å². The number of benzene rings is 2. The molecule has 142 valence electrons.